The number of ketones is 1. The average molecular weight is 516 g/mol. The van der Waals surface area contributed by atoms with E-state index in [1.165, 1.54) is 30.5 Å². The molecule has 0 spiro atoms. The lowest BCUT2D eigenvalue weighted by Gasteiger charge is -2.36. The number of carbonyl (C=O) groups is 1. The zero-order chi connectivity index (χ0) is 27.1. The monoisotopic (exact) mass is 515 g/mol. The van der Waals surface area contributed by atoms with Crippen molar-refractivity contribution in [3.8, 4) is 0 Å². The lowest BCUT2D eigenvalue weighted by molar-refractivity contribution is -0.0000185. The number of rotatable bonds is 9. The number of benzene rings is 5. The van der Waals surface area contributed by atoms with Crippen molar-refractivity contribution in [1.82, 2.24) is 0 Å². The van der Waals surface area contributed by atoms with Gasteiger partial charge in [0, 0.05) is 11.1 Å². The highest BCUT2D eigenvalue weighted by atomic mass is 19.1. The maximum absolute atomic E-state index is 13.5. The van der Waals surface area contributed by atoms with Crippen LogP contribution in [-0.2, 0) is 16.9 Å². The summed E-state index contributed by atoms with van der Waals surface area (Å²) >= 11 is 0. The summed E-state index contributed by atoms with van der Waals surface area (Å²) in [7, 11) is 0. The molecular formula is C34H26FNO3. The van der Waals surface area contributed by atoms with Crippen molar-refractivity contribution in [2.75, 3.05) is 0 Å². The molecule has 5 aromatic carbocycles. The number of hydrogen-bond donors (Lipinski definition) is 1. The van der Waals surface area contributed by atoms with Crippen molar-refractivity contribution in [2.24, 2.45) is 5.16 Å². The van der Waals surface area contributed by atoms with E-state index in [1.54, 1.807) is 18.2 Å². The van der Waals surface area contributed by atoms with Gasteiger partial charge in [0.05, 0.1) is 12.8 Å². The Kier molecular flexibility index (Phi) is 7.71. The fourth-order valence-electron chi connectivity index (χ4n) is 4.81. The fourth-order valence-corrected chi connectivity index (χ4v) is 4.81. The fraction of sp³-hybridized carbons (Fsp3) is 0.0588. The second-order valence-electron chi connectivity index (χ2n) is 9.07. The molecule has 192 valence electrons. The smallest absolute Gasteiger partial charge is 0.193 e. The molecule has 0 saturated carbocycles. The van der Waals surface area contributed by atoms with Crippen LogP contribution in [0.15, 0.2) is 139 Å². The number of nitrogens with zero attached hydrogens (tertiary/aromatic N) is 1. The quantitative estimate of drug-likeness (QED) is 0.0733. The Bertz CT molecular complexity index is 1470. The normalized spacial score (nSPS) is 11.5. The van der Waals surface area contributed by atoms with Crippen LogP contribution in [-0.4, -0.2) is 17.2 Å². The van der Waals surface area contributed by atoms with Gasteiger partial charge in [0.25, 0.3) is 0 Å². The van der Waals surface area contributed by atoms with Gasteiger partial charge < -0.3 is 9.94 Å². The summed E-state index contributed by atoms with van der Waals surface area (Å²) in [4.78, 5) is 13.5. The van der Waals surface area contributed by atoms with Gasteiger partial charge in [-0.3, -0.25) is 4.79 Å². The van der Waals surface area contributed by atoms with Gasteiger partial charge in [0.2, 0.25) is 0 Å². The molecule has 5 aromatic rings. The second-order valence-corrected chi connectivity index (χ2v) is 9.07. The van der Waals surface area contributed by atoms with E-state index in [1.807, 2.05) is 91.0 Å². The summed E-state index contributed by atoms with van der Waals surface area (Å²) in [5, 5.41) is 12.3. The topological polar surface area (TPSA) is 58.9 Å². The van der Waals surface area contributed by atoms with E-state index in [0.29, 0.717) is 22.3 Å². The molecule has 0 unspecified atom stereocenters. The summed E-state index contributed by atoms with van der Waals surface area (Å²) < 4.78 is 20.5. The maximum Gasteiger partial charge on any atom is 0.193 e. The molecular weight excluding hydrogens is 489 g/mol. The SMILES string of the molecule is O=C(c1ccc(F)cc1)c1ccc(C=NO)cc1COC(c1ccccc1)(c1ccccc1)c1ccccc1. The summed E-state index contributed by atoms with van der Waals surface area (Å²) in [5.41, 5.74) is 3.80. The number of hydrogen-bond acceptors (Lipinski definition) is 4. The Balaban J connectivity index is 1.64. The van der Waals surface area contributed by atoms with Crippen molar-refractivity contribution in [3.63, 3.8) is 0 Å². The van der Waals surface area contributed by atoms with Gasteiger partial charge in [-0.15, -0.1) is 0 Å². The Morgan fingerprint density at radius 2 is 1.26 bits per heavy atom. The molecule has 0 heterocycles. The molecule has 4 nitrogen and oxygen atoms in total. The van der Waals surface area contributed by atoms with Crippen LogP contribution in [0.3, 0.4) is 0 Å². The van der Waals surface area contributed by atoms with Crippen molar-refractivity contribution < 1.29 is 19.1 Å². The van der Waals surface area contributed by atoms with Crippen molar-refractivity contribution in [1.29, 1.82) is 0 Å². The van der Waals surface area contributed by atoms with E-state index in [-0.39, 0.29) is 12.4 Å². The van der Waals surface area contributed by atoms with Crippen LogP contribution in [0.25, 0.3) is 0 Å². The van der Waals surface area contributed by atoms with Crippen LogP contribution in [0.2, 0.25) is 0 Å². The van der Waals surface area contributed by atoms with E-state index in [9.17, 15) is 9.18 Å². The first-order valence-corrected chi connectivity index (χ1v) is 12.5. The Labute approximate surface area is 226 Å². The number of oxime groups is 1. The van der Waals surface area contributed by atoms with Gasteiger partial charge in [-0.1, -0.05) is 108 Å². The molecule has 0 radical (unpaired) electrons. The standard InChI is InChI=1S/C34H26FNO3/c35-31-19-17-26(18-20-31)33(37)32-21-16-25(23-36-38)22-27(32)24-39-34(28-10-4-1-5-11-28,29-12-6-2-7-13-29)30-14-8-3-9-15-30/h1-23,38H,24H2. The van der Waals surface area contributed by atoms with E-state index in [4.69, 9.17) is 9.94 Å². The molecule has 1 N–H and O–H groups in total. The van der Waals surface area contributed by atoms with Gasteiger partial charge in [0.1, 0.15) is 11.4 Å². The Morgan fingerprint density at radius 1 is 0.744 bits per heavy atom. The third-order valence-corrected chi connectivity index (χ3v) is 6.67. The van der Waals surface area contributed by atoms with Crippen LogP contribution in [0, 0.1) is 5.82 Å². The van der Waals surface area contributed by atoms with Crippen LogP contribution in [0.4, 0.5) is 4.39 Å². The molecule has 0 aliphatic carbocycles. The van der Waals surface area contributed by atoms with E-state index in [0.717, 1.165) is 16.7 Å². The largest absolute Gasteiger partial charge is 0.411 e. The number of ether oxygens (including phenoxy) is 1. The van der Waals surface area contributed by atoms with Crippen LogP contribution in [0.1, 0.15) is 43.7 Å². The Hall–Kier alpha value is -4.87. The third kappa shape index (κ3) is 5.40. The highest BCUT2D eigenvalue weighted by Crippen LogP contribution is 2.41. The summed E-state index contributed by atoms with van der Waals surface area (Å²) in [6, 6.07) is 40.5. The number of carbonyl (C=O) groups excluding carboxylic acids is 1. The first kappa shape index (κ1) is 25.8. The molecule has 0 aliphatic rings. The first-order chi connectivity index (χ1) is 19.1. The minimum Gasteiger partial charge on any atom is -0.411 e. The van der Waals surface area contributed by atoms with Crippen molar-refractivity contribution in [2.45, 2.75) is 12.2 Å². The zero-order valence-corrected chi connectivity index (χ0v) is 21.1. The van der Waals surface area contributed by atoms with Gasteiger partial charge in [-0.25, -0.2) is 4.39 Å². The molecule has 0 amide bonds. The van der Waals surface area contributed by atoms with E-state index < -0.39 is 11.4 Å². The minimum atomic E-state index is -0.985. The lowest BCUT2D eigenvalue weighted by Crippen LogP contribution is -2.33. The van der Waals surface area contributed by atoms with Crippen molar-refractivity contribution >= 4 is 12.0 Å². The van der Waals surface area contributed by atoms with Crippen molar-refractivity contribution in [3.05, 3.63) is 178 Å². The molecule has 0 aromatic heterocycles. The van der Waals surface area contributed by atoms with E-state index >= 15 is 0 Å². The first-order valence-electron chi connectivity index (χ1n) is 12.5. The van der Waals surface area contributed by atoms with Gasteiger partial charge in [0.15, 0.2) is 5.78 Å². The molecule has 5 heteroatoms. The van der Waals surface area contributed by atoms with Crippen LogP contribution >= 0.6 is 0 Å². The van der Waals surface area contributed by atoms with Crippen LogP contribution in [0.5, 0.6) is 0 Å². The molecule has 0 atom stereocenters. The van der Waals surface area contributed by atoms with Gasteiger partial charge in [-0.2, -0.15) is 0 Å². The van der Waals surface area contributed by atoms with Gasteiger partial charge in [-0.05, 0) is 58.1 Å². The predicted molar refractivity (Wildman–Crippen MR) is 150 cm³/mol. The number of halogens is 1. The van der Waals surface area contributed by atoms with Gasteiger partial charge >= 0.3 is 0 Å². The molecule has 0 bridgehead atoms. The predicted octanol–water partition coefficient (Wildman–Crippen LogP) is 7.37. The molecule has 0 aliphatic heterocycles. The second kappa shape index (κ2) is 11.7. The summed E-state index contributed by atoms with van der Waals surface area (Å²) in [6.45, 7) is 0.0636. The average Bonchev–Trinajstić information content (AvgIpc) is 2.99. The molecule has 5 rings (SSSR count). The molecule has 0 fully saturated rings. The summed E-state index contributed by atoms with van der Waals surface area (Å²) in [6.07, 6.45) is 1.30. The lowest BCUT2D eigenvalue weighted by atomic mass is 9.80. The van der Waals surface area contributed by atoms with E-state index in [2.05, 4.69) is 5.16 Å². The third-order valence-electron chi connectivity index (χ3n) is 6.67. The molecule has 39 heavy (non-hydrogen) atoms. The zero-order valence-electron chi connectivity index (χ0n) is 21.1. The minimum absolute atomic E-state index is 0.0636. The molecule has 0 saturated heterocycles. The highest BCUT2D eigenvalue weighted by molar-refractivity contribution is 6.10. The maximum atomic E-state index is 13.5. The highest BCUT2D eigenvalue weighted by Gasteiger charge is 2.37. The van der Waals surface area contributed by atoms with Crippen LogP contribution < -0.4 is 0 Å². The summed E-state index contributed by atoms with van der Waals surface area (Å²) in [5.74, 6) is -0.672. The Morgan fingerprint density at radius 3 is 1.74 bits per heavy atom.